The smallest absolute Gasteiger partial charge is 0.434 e. The molecule has 0 radical (unpaired) electrons. The highest BCUT2D eigenvalue weighted by Gasteiger charge is 2.41. The number of esters is 1. The van der Waals surface area contributed by atoms with Crippen LogP contribution < -0.4 is 5.32 Å². The first-order valence-electron chi connectivity index (χ1n) is 9.52. The number of carbonyl (C=O) groups is 2. The van der Waals surface area contributed by atoms with Crippen molar-refractivity contribution in [3.05, 3.63) is 81.2 Å². The summed E-state index contributed by atoms with van der Waals surface area (Å²) in [6.45, 7) is 2.92. The van der Waals surface area contributed by atoms with Gasteiger partial charge in [-0.3, -0.25) is 14.9 Å². The Labute approximate surface area is 184 Å². The number of benzene rings is 2. The van der Waals surface area contributed by atoms with Crippen LogP contribution in [0.5, 0.6) is 0 Å². The third kappa shape index (κ3) is 5.00. The summed E-state index contributed by atoms with van der Waals surface area (Å²) in [4.78, 5) is 34.6. The zero-order valence-electron chi connectivity index (χ0n) is 17.3. The minimum atomic E-state index is -4.88. The number of amides is 1. The summed E-state index contributed by atoms with van der Waals surface area (Å²) in [5, 5.41) is 17.1. The molecule has 3 rings (SSSR count). The fraction of sp³-hybridized carbons (Fsp3) is 0.190. The lowest BCUT2D eigenvalue weighted by molar-refractivity contribution is -0.384. The fourth-order valence-electron chi connectivity index (χ4n) is 3.08. The Morgan fingerprint density at radius 1 is 1.15 bits per heavy atom. The quantitative estimate of drug-likeness (QED) is 0.327. The molecule has 1 aromatic heterocycles. The molecule has 2 aromatic carbocycles. The number of nitrogens with one attached hydrogen (secondary N) is 1. The topological polar surface area (TPSA) is 116 Å². The van der Waals surface area contributed by atoms with Crippen molar-refractivity contribution >= 4 is 23.3 Å². The highest BCUT2D eigenvalue weighted by molar-refractivity contribution is 6.05. The van der Waals surface area contributed by atoms with Crippen molar-refractivity contribution in [1.82, 2.24) is 9.78 Å². The van der Waals surface area contributed by atoms with E-state index in [4.69, 9.17) is 0 Å². The number of non-ortho nitro benzene ring substituents is 1. The van der Waals surface area contributed by atoms with Crippen LogP contribution in [0.1, 0.15) is 38.9 Å². The minimum Gasteiger partial charge on any atom is -0.462 e. The van der Waals surface area contributed by atoms with E-state index in [2.05, 4.69) is 15.2 Å². The van der Waals surface area contributed by atoms with Gasteiger partial charge in [0, 0.05) is 23.4 Å². The highest BCUT2D eigenvalue weighted by atomic mass is 19.4. The Hall–Kier alpha value is -4.22. The van der Waals surface area contributed by atoms with Crippen molar-refractivity contribution in [3.63, 3.8) is 0 Å². The number of aromatic nitrogens is 2. The molecule has 0 spiro atoms. The van der Waals surface area contributed by atoms with Crippen LogP contribution >= 0.6 is 0 Å². The van der Waals surface area contributed by atoms with Crippen LogP contribution in [0.25, 0.3) is 5.69 Å². The lowest BCUT2D eigenvalue weighted by Crippen LogP contribution is -2.18. The first-order chi connectivity index (χ1) is 15.5. The van der Waals surface area contributed by atoms with Gasteiger partial charge in [-0.2, -0.15) is 18.3 Å². The Morgan fingerprint density at radius 3 is 2.36 bits per heavy atom. The number of nitrogens with zero attached hydrogens (tertiary/aromatic N) is 3. The van der Waals surface area contributed by atoms with Gasteiger partial charge >= 0.3 is 12.1 Å². The zero-order chi connectivity index (χ0) is 24.3. The van der Waals surface area contributed by atoms with E-state index in [1.807, 2.05) is 0 Å². The van der Waals surface area contributed by atoms with Crippen LogP contribution in [-0.2, 0) is 10.9 Å². The van der Waals surface area contributed by atoms with Crippen LogP contribution in [0, 0.1) is 17.0 Å². The molecule has 0 atom stereocenters. The average Bonchev–Trinajstić information content (AvgIpc) is 3.20. The van der Waals surface area contributed by atoms with Crippen molar-refractivity contribution in [2.45, 2.75) is 20.0 Å². The highest BCUT2D eigenvalue weighted by Crippen LogP contribution is 2.34. The van der Waals surface area contributed by atoms with Crippen molar-refractivity contribution < 1.29 is 32.4 Å². The number of nitro groups is 1. The van der Waals surface area contributed by atoms with Crippen molar-refractivity contribution in [3.8, 4) is 5.69 Å². The lowest BCUT2D eigenvalue weighted by Gasteiger charge is -2.13. The number of rotatable bonds is 6. The SMILES string of the molecule is CCOC(=O)c1cnn(-c2ccc(NC(=O)c3ccc([N+](=O)[O-])cc3C)cc2)c1C(F)(F)F. The summed E-state index contributed by atoms with van der Waals surface area (Å²) >= 11 is 0. The molecule has 172 valence electrons. The van der Waals surface area contributed by atoms with E-state index in [9.17, 15) is 32.9 Å². The zero-order valence-corrected chi connectivity index (χ0v) is 17.3. The van der Waals surface area contributed by atoms with E-state index in [0.717, 1.165) is 6.20 Å². The monoisotopic (exact) mass is 462 g/mol. The predicted octanol–water partition coefficient (Wildman–Crippen LogP) is 4.54. The molecular weight excluding hydrogens is 445 g/mol. The van der Waals surface area contributed by atoms with Crippen LogP contribution in [0.15, 0.2) is 48.7 Å². The molecule has 1 amide bonds. The molecule has 0 saturated carbocycles. The number of anilines is 1. The van der Waals surface area contributed by atoms with E-state index in [0.29, 0.717) is 10.2 Å². The number of ether oxygens (including phenoxy) is 1. The molecule has 0 aliphatic carbocycles. The number of hydrogen-bond acceptors (Lipinski definition) is 6. The number of halogens is 3. The molecule has 0 bridgehead atoms. The second-order valence-electron chi connectivity index (χ2n) is 6.79. The number of aryl methyl sites for hydroxylation is 1. The van der Waals surface area contributed by atoms with E-state index < -0.39 is 34.2 Å². The van der Waals surface area contributed by atoms with E-state index in [-0.39, 0.29) is 29.2 Å². The second-order valence-corrected chi connectivity index (χ2v) is 6.79. The number of alkyl halides is 3. The number of carbonyl (C=O) groups excluding carboxylic acids is 2. The van der Waals surface area contributed by atoms with Gasteiger partial charge in [-0.15, -0.1) is 0 Å². The Morgan fingerprint density at radius 2 is 1.82 bits per heavy atom. The number of hydrogen-bond donors (Lipinski definition) is 1. The molecule has 1 N–H and O–H groups in total. The minimum absolute atomic E-state index is 0.00221. The van der Waals surface area contributed by atoms with Gasteiger partial charge < -0.3 is 10.1 Å². The van der Waals surface area contributed by atoms with Crippen molar-refractivity contribution in [2.24, 2.45) is 0 Å². The van der Waals surface area contributed by atoms with Gasteiger partial charge in [0.15, 0.2) is 5.69 Å². The van der Waals surface area contributed by atoms with Gasteiger partial charge in [0.05, 0.1) is 23.4 Å². The molecule has 12 heteroatoms. The van der Waals surface area contributed by atoms with Gasteiger partial charge in [0.1, 0.15) is 5.56 Å². The molecule has 0 aliphatic rings. The lowest BCUT2D eigenvalue weighted by atomic mass is 10.1. The largest absolute Gasteiger partial charge is 0.462 e. The normalized spacial score (nSPS) is 11.2. The Kier molecular flexibility index (Phi) is 6.47. The molecule has 33 heavy (non-hydrogen) atoms. The molecule has 0 aliphatic heterocycles. The van der Waals surface area contributed by atoms with Gasteiger partial charge in [-0.1, -0.05) is 0 Å². The van der Waals surface area contributed by atoms with Crippen LogP contribution in [0.4, 0.5) is 24.5 Å². The Balaban J connectivity index is 1.86. The average molecular weight is 462 g/mol. The second kappa shape index (κ2) is 9.10. The third-order valence-corrected chi connectivity index (χ3v) is 4.57. The standard InChI is InChI=1S/C21H17F3N4O5/c1-3-33-20(30)17-11-25-27(18(17)21(22,23)24)14-6-4-13(5-7-14)26-19(29)16-9-8-15(28(31)32)10-12(16)2/h4-11H,3H2,1-2H3,(H,26,29). The van der Waals surface area contributed by atoms with Crippen LogP contribution in [0.2, 0.25) is 0 Å². The molecule has 3 aromatic rings. The maximum atomic E-state index is 13.6. The van der Waals surface area contributed by atoms with Crippen molar-refractivity contribution in [1.29, 1.82) is 0 Å². The predicted molar refractivity (Wildman–Crippen MR) is 110 cm³/mol. The summed E-state index contributed by atoms with van der Waals surface area (Å²) in [7, 11) is 0. The molecule has 0 saturated heterocycles. The first kappa shape index (κ1) is 23.4. The van der Waals surface area contributed by atoms with Crippen LogP contribution in [0.3, 0.4) is 0 Å². The van der Waals surface area contributed by atoms with E-state index in [1.165, 1.54) is 49.4 Å². The van der Waals surface area contributed by atoms with Gasteiger partial charge in [-0.25, -0.2) is 9.48 Å². The maximum absolute atomic E-state index is 13.6. The van der Waals surface area contributed by atoms with Crippen LogP contribution in [-0.4, -0.2) is 33.2 Å². The van der Waals surface area contributed by atoms with Crippen molar-refractivity contribution in [2.75, 3.05) is 11.9 Å². The van der Waals surface area contributed by atoms with Gasteiger partial charge in [-0.05, 0) is 49.7 Å². The molecule has 1 heterocycles. The maximum Gasteiger partial charge on any atom is 0.434 e. The first-order valence-corrected chi connectivity index (χ1v) is 9.52. The Bertz CT molecular complexity index is 1220. The van der Waals surface area contributed by atoms with Gasteiger partial charge in [0.25, 0.3) is 11.6 Å². The summed E-state index contributed by atoms with van der Waals surface area (Å²) in [6.07, 6.45) is -4.09. The van der Waals surface area contributed by atoms with E-state index >= 15 is 0 Å². The number of nitro benzene ring substituents is 1. The summed E-state index contributed by atoms with van der Waals surface area (Å²) in [5.74, 6) is -1.69. The molecule has 0 unspecified atom stereocenters. The molecule has 0 fully saturated rings. The van der Waals surface area contributed by atoms with E-state index in [1.54, 1.807) is 6.92 Å². The third-order valence-electron chi connectivity index (χ3n) is 4.57. The van der Waals surface area contributed by atoms with Gasteiger partial charge in [0.2, 0.25) is 0 Å². The summed E-state index contributed by atoms with van der Waals surface area (Å²) < 4.78 is 46.1. The molecule has 9 nitrogen and oxygen atoms in total. The molecular formula is C21H17F3N4O5. The summed E-state index contributed by atoms with van der Waals surface area (Å²) in [6, 6.07) is 9.07. The fourth-order valence-corrected chi connectivity index (χ4v) is 3.08. The summed E-state index contributed by atoms with van der Waals surface area (Å²) in [5.41, 5.74) is -1.29.